The van der Waals surface area contributed by atoms with Crippen LogP contribution in [0.4, 0.5) is 0 Å². The maximum absolute atomic E-state index is 12.0. The molecule has 0 aromatic carbocycles. The molecule has 0 aliphatic heterocycles. The Morgan fingerprint density at radius 2 is 2.06 bits per heavy atom. The molecule has 0 radical (unpaired) electrons. The van der Waals surface area contributed by atoms with E-state index in [0.717, 1.165) is 17.8 Å². The third kappa shape index (κ3) is 3.42. The molecule has 0 fully saturated rings. The molecule has 0 N–H and O–H groups in total. The molecule has 1 amide bonds. The highest BCUT2D eigenvalue weighted by Gasteiger charge is 2.21. The van der Waals surface area contributed by atoms with Crippen LogP contribution in [0.2, 0.25) is 4.47 Å². The largest absolute Gasteiger partial charge is 0.337 e. The smallest absolute Gasteiger partial charge is 0.284 e. The van der Waals surface area contributed by atoms with Crippen molar-refractivity contribution in [1.29, 1.82) is 0 Å². The van der Waals surface area contributed by atoms with Crippen molar-refractivity contribution in [3.05, 3.63) is 9.47 Å². The first-order valence-electron chi connectivity index (χ1n) is 5.18. The standard InChI is InChI=1S/C10H16ClN3OS/c1-6(2)5-7(3)14(4)9(15)8-12-13-10(11)16-8/h6-7H,5H2,1-4H3. The van der Waals surface area contributed by atoms with Gasteiger partial charge in [0.2, 0.25) is 9.47 Å². The molecule has 90 valence electrons. The van der Waals surface area contributed by atoms with Gasteiger partial charge in [0, 0.05) is 13.1 Å². The van der Waals surface area contributed by atoms with Crippen molar-refractivity contribution in [1.82, 2.24) is 15.1 Å². The van der Waals surface area contributed by atoms with E-state index in [1.165, 1.54) is 0 Å². The molecule has 1 unspecified atom stereocenters. The van der Waals surface area contributed by atoms with Crippen LogP contribution >= 0.6 is 22.9 Å². The first kappa shape index (κ1) is 13.4. The van der Waals surface area contributed by atoms with Crippen molar-refractivity contribution < 1.29 is 4.79 Å². The lowest BCUT2D eigenvalue weighted by Crippen LogP contribution is -2.35. The van der Waals surface area contributed by atoms with Gasteiger partial charge in [0.1, 0.15) is 0 Å². The number of hydrogen-bond acceptors (Lipinski definition) is 4. The topological polar surface area (TPSA) is 46.1 Å². The van der Waals surface area contributed by atoms with E-state index in [9.17, 15) is 4.79 Å². The van der Waals surface area contributed by atoms with E-state index in [0.29, 0.717) is 15.4 Å². The van der Waals surface area contributed by atoms with E-state index in [4.69, 9.17) is 11.6 Å². The van der Waals surface area contributed by atoms with E-state index < -0.39 is 0 Å². The first-order valence-corrected chi connectivity index (χ1v) is 6.37. The van der Waals surface area contributed by atoms with E-state index in [-0.39, 0.29) is 11.9 Å². The Hall–Kier alpha value is -0.680. The van der Waals surface area contributed by atoms with Gasteiger partial charge in [0.05, 0.1) is 0 Å². The van der Waals surface area contributed by atoms with Gasteiger partial charge >= 0.3 is 0 Å². The second-order valence-electron chi connectivity index (χ2n) is 4.25. The van der Waals surface area contributed by atoms with Crippen LogP contribution in [0.5, 0.6) is 0 Å². The number of halogens is 1. The lowest BCUT2D eigenvalue weighted by Gasteiger charge is -2.25. The van der Waals surface area contributed by atoms with Gasteiger partial charge in [0.15, 0.2) is 0 Å². The zero-order chi connectivity index (χ0) is 12.3. The Labute approximate surface area is 105 Å². The van der Waals surface area contributed by atoms with E-state index in [1.807, 2.05) is 6.92 Å². The van der Waals surface area contributed by atoms with Crippen LogP contribution in [0.1, 0.15) is 37.0 Å². The lowest BCUT2D eigenvalue weighted by atomic mass is 10.0. The molecule has 0 spiro atoms. The SMILES string of the molecule is CC(C)CC(C)N(C)C(=O)c1nnc(Cl)s1. The zero-order valence-corrected chi connectivity index (χ0v) is 11.5. The summed E-state index contributed by atoms with van der Waals surface area (Å²) in [6.45, 7) is 6.30. The number of nitrogens with zero attached hydrogens (tertiary/aromatic N) is 3. The summed E-state index contributed by atoms with van der Waals surface area (Å²) >= 11 is 6.76. The third-order valence-electron chi connectivity index (χ3n) is 2.38. The zero-order valence-electron chi connectivity index (χ0n) is 9.90. The van der Waals surface area contributed by atoms with Gasteiger partial charge < -0.3 is 4.90 Å². The van der Waals surface area contributed by atoms with Gasteiger partial charge in [-0.3, -0.25) is 4.79 Å². The quantitative estimate of drug-likeness (QED) is 0.837. The Balaban J connectivity index is 2.67. The van der Waals surface area contributed by atoms with Crippen LogP contribution in [0.25, 0.3) is 0 Å². The van der Waals surface area contributed by atoms with Crippen LogP contribution < -0.4 is 0 Å². The number of rotatable bonds is 4. The average Bonchev–Trinajstić information content (AvgIpc) is 2.61. The normalized spacial score (nSPS) is 12.9. The van der Waals surface area contributed by atoms with E-state index in [1.54, 1.807) is 11.9 Å². The molecule has 16 heavy (non-hydrogen) atoms. The van der Waals surface area contributed by atoms with Crippen molar-refractivity contribution >= 4 is 28.8 Å². The monoisotopic (exact) mass is 261 g/mol. The molecule has 4 nitrogen and oxygen atoms in total. The van der Waals surface area contributed by atoms with Crippen LogP contribution in [0.3, 0.4) is 0 Å². The number of carbonyl (C=O) groups excluding carboxylic acids is 1. The van der Waals surface area contributed by atoms with Gasteiger partial charge in [-0.25, -0.2) is 0 Å². The minimum atomic E-state index is -0.113. The summed E-state index contributed by atoms with van der Waals surface area (Å²) in [4.78, 5) is 13.6. The lowest BCUT2D eigenvalue weighted by molar-refractivity contribution is 0.0727. The minimum Gasteiger partial charge on any atom is -0.337 e. The van der Waals surface area contributed by atoms with Crippen molar-refractivity contribution in [2.45, 2.75) is 33.2 Å². The highest BCUT2D eigenvalue weighted by molar-refractivity contribution is 7.17. The van der Waals surface area contributed by atoms with E-state index >= 15 is 0 Å². The van der Waals surface area contributed by atoms with Gasteiger partial charge in [-0.2, -0.15) is 0 Å². The molecule has 1 heterocycles. The Morgan fingerprint density at radius 1 is 1.44 bits per heavy atom. The van der Waals surface area contributed by atoms with Crippen LogP contribution in [-0.2, 0) is 0 Å². The summed E-state index contributed by atoms with van der Waals surface area (Å²) in [6, 6.07) is 0.190. The number of carbonyl (C=O) groups is 1. The fourth-order valence-corrected chi connectivity index (χ4v) is 2.29. The van der Waals surface area contributed by atoms with Crippen LogP contribution in [0, 0.1) is 5.92 Å². The maximum Gasteiger partial charge on any atom is 0.284 e. The van der Waals surface area contributed by atoms with Gasteiger partial charge in [0.25, 0.3) is 5.91 Å². The fourth-order valence-electron chi connectivity index (χ4n) is 1.48. The first-order chi connectivity index (χ1) is 7.41. The Morgan fingerprint density at radius 3 is 2.50 bits per heavy atom. The molecule has 0 bridgehead atoms. The molecule has 1 rings (SSSR count). The highest BCUT2D eigenvalue weighted by atomic mass is 35.5. The second-order valence-corrected chi connectivity index (χ2v) is 5.81. The summed E-state index contributed by atoms with van der Waals surface area (Å²) in [6.07, 6.45) is 0.967. The summed E-state index contributed by atoms with van der Waals surface area (Å²) in [5, 5.41) is 7.72. The van der Waals surface area contributed by atoms with Crippen molar-refractivity contribution in [3.8, 4) is 0 Å². The predicted molar refractivity (Wildman–Crippen MR) is 65.9 cm³/mol. The summed E-state index contributed by atoms with van der Waals surface area (Å²) in [5.74, 6) is 0.445. The minimum absolute atomic E-state index is 0.113. The molecule has 0 aliphatic rings. The molecule has 0 saturated carbocycles. The summed E-state index contributed by atoms with van der Waals surface area (Å²) in [7, 11) is 1.78. The number of aromatic nitrogens is 2. The van der Waals surface area contributed by atoms with Crippen molar-refractivity contribution in [3.63, 3.8) is 0 Å². The van der Waals surface area contributed by atoms with Crippen LogP contribution in [0.15, 0.2) is 0 Å². The fraction of sp³-hybridized carbons (Fsp3) is 0.700. The Bertz CT molecular complexity index is 367. The summed E-state index contributed by atoms with van der Waals surface area (Å²) < 4.78 is 0.299. The van der Waals surface area contributed by atoms with Crippen LogP contribution in [-0.4, -0.2) is 34.1 Å². The average molecular weight is 262 g/mol. The third-order valence-corrected chi connectivity index (χ3v) is 3.38. The molecule has 0 saturated heterocycles. The molecule has 0 aliphatic carbocycles. The Kier molecular flexibility index (Phi) is 4.68. The summed E-state index contributed by atoms with van der Waals surface area (Å²) in [5.41, 5.74) is 0. The van der Waals surface area contributed by atoms with Gasteiger partial charge in [-0.1, -0.05) is 25.2 Å². The molecule has 1 aromatic heterocycles. The van der Waals surface area contributed by atoms with Crippen molar-refractivity contribution in [2.24, 2.45) is 5.92 Å². The van der Waals surface area contributed by atoms with Gasteiger partial charge in [-0.05, 0) is 30.9 Å². The molecular weight excluding hydrogens is 246 g/mol. The van der Waals surface area contributed by atoms with Crippen molar-refractivity contribution in [2.75, 3.05) is 7.05 Å². The van der Waals surface area contributed by atoms with E-state index in [2.05, 4.69) is 24.0 Å². The molecule has 6 heteroatoms. The predicted octanol–water partition coefficient (Wildman–Crippen LogP) is 2.70. The van der Waals surface area contributed by atoms with Gasteiger partial charge in [-0.15, -0.1) is 10.2 Å². The number of amides is 1. The molecule has 1 atom stereocenters. The number of hydrogen-bond donors (Lipinski definition) is 0. The molecular formula is C10H16ClN3OS. The molecule has 1 aromatic rings. The highest BCUT2D eigenvalue weighted by Crippen LogP contribution is 2.18. The second kappa shape index (κ2) is 5.59. The maximum atomic E-state index is 12.0.